The predicted octanol–water partition coefficient (Wildman–Crippen LogP) is -0.449. The molecule has 3 heterocycles. The van der Waals surface area contributed by atoms with Gasteiger partial charge in [0.2, 0.25) is 0 Å². The summed E-state index contributed by atoms with van der Waals surface area (Å²) in [6.07, 6.45) is 4.06. The van der Waals surface area contributed by atoms with Crippen LogP contribution in [0, 0.1) is 0 Å². The second kappa shape index (κ2) is 3.79. The maximum Gasteiger partial charge on any atom is 0.260 e. The Labute approximate surface area is 100 Å². The summed E-state index contributed by atoms with van der Waals surface area (Å²) in [6.45, 7) is 1.69. The Balaban J connectivity index is 1.97. The van der Waals surface area contributed by atoms with Crippen LogP contribution in [0.1, 0.15) is 18.7 Å². The zero-order chi connectivity index (χ0) is 12.0. The summed E-state index contributed by atoms with van der Waals surface area (Å²) in [7, 11) is -3.40. The topological polar surface area (TPSA) is 81.2 Å². The lowest BCUT2D eigenvalue weighted by atomic mass is 10.3. The van der Waals surface area contributed by atoms with E-state index in [0.29, 0.717) is 18.1 Å². The molecule has 0 aromatic carbocycles. The molecule has 0 radical (unpaired) electrons. The van der Waals surface area contributed by atoms with Crippen LogP contribution in [0.2, 0.25) is 0 Å². The summed E-state index contributed by atoms with van der Waals surface area (Å²) in [5.74, 6) is 0.882. The highest BCUT2D eigenvalue weighted by atomic mass is 32.2. The third-order valence-electron chi connectivity index (χ3n) is 3.48. The lowest BCUT2D eigenvalue weighted by molar-refractivity contribution is 0.463. The number of hydrogen-bond donors (Lipinski definition) is 1. The number of aryl methyl sites for hydroxylation is 1. The van der Waals surface area contributed by atoms with Crippen molar-refractivity contribution in [3.63, 3.8) is 0 Å². The Bertz CT molecular complexity index is 537. The molecule has 2 aliphatic rings. The number of aromatic nitrogens is 2. The molecule has 0 amide bonds. The summed E-state index contributed by atoms with van der Waals surface area (Å²) < 4.78 is 28.1. The van der Waals surface area contributed by atoms with E-state index >= 15 is 0 Å². The Kier molecular flexibility index (Phi) is 2.49. The highest BCUT2D eigenvalue weighted by molar-refractivity contribution is 7.89. The minimum Gasteiger partial charge on any atom is -0.326 e. The van der Waals surface area contributed by atoms with E-state index in [2.05, 4.69) is 4.98 Å². The van der Waals surface area contributed by atoms with E-state index in [1.807, 2.05) is 4.57 Å². The van der Waals surface area contributed by atoms with E-state index in [9.17, 15) is 8.42 Å². The summed E-state index contributed by atoms with van der Waals surface area (Å²) in [5, 5.41) is 0.333. The monoisotopic (exact) mass is 256 g/mol. The largest absolute Gasteiger partial charge is 0.326 e. The molecule has 1 saturated heterocycles. The summed E-state index contributed by atoms with van der Waals surface area (Å²) in [6, 6.07) is -0.0363. The quantitative estimate of drug-likeness (QED) is 0.777. The van der Waals surface area contributed by atoms with Crippen molar-refractivity contribution in [2.75, 3.05) is 13.1 Å². The molecular formula is C10H16N4O2S. The third-order valence-corrected chi connectivity index (χ3v) is 5.34. The van der Waals surface area contributed by atoms with Gasteiger partial charge in [-0.25, -0.2) is 13.4 Å². The van der Waals surface area contributed by atoms with Gasteiger partial charge in [0.1, 0.15) is 5.82 Å². The standard InChI is InChI=1S/C10H16N4O2S/c11-8-3-5-13(7-8)17(15,16)10-6-12-9-2-1-4-14(9)10/h6,8H,1-5,7,11H2/t8-/m0/s1. The lowest BCUT2D eigenvalue weighted by Crippen LogP contribution is -2.33. The van der Waals surface area contributed by atoms with Gasteiger partial charge in [0.25, 0.3) is 10.0 Å². The summed E-state index contributed by atoms with van der Waals surface area (Å²) in [5.41, 5.74) is 5.76. The van der Waals surface area contributed by atoms with Crippen LogP contribution < -0.4 is 5.73 Å². The molecule has 3 rings (SSSR count). The van der Waals surface area contributed by atoms with Crippen molar-refractivity contribution in [3.8, 4) is 0 Å². The molecule has 0 unspecified atom stereocenters. The van der Waals surface area contributed by atoms with Gasteiger partial charge in [-0.05, 0) is 12.8 Å². The van der Waals surface area contributed by atoms with Crippen LogP contribution in [-0.4, -0.2) is 41.4 Å². The normalized spacial score (nSPS) is 25.4. The number of fused-ring (bicyclic) bond motifs is 1. The van der Waals surface area contributed by atoms with Crippen molar-refractivity contribution in [1.82, 2.24) is 13.9 Å². The van der Waals surface area contributed by atoms with E-state index in [4.69, 9.17) is 5.73 Å². The van der Waals surface area contributed by atoms with Crippen molar-refractivity contribution in [2.24, 2.45) is 5.73 Å². The van der Waals surface area contributed by atoms with Crippen LogP contribution in [0.15, 0.2) is 11.2 Å². The minimum atomic E-state index is -3.40. The van der Waals surface area contributed by atoms with Gasteiger partial charge in [-0.15, -0.1) is 0 Å². The average molecular weight is 256 g/mol. The fourth-order valence-electron chi connectivity index (χ4n) is 2.54. The Hall–Kier alpha value is -0.920. The number of sulfonamides is 1. The smallest absolute Gasteiger partial charge is 0.260 e. The van der Waals surface area contributed by atoms with Gasteiger partial charge in [0.15, 0.2) is 5.03 Å². The van der Waals surface area contributed by atoms with Crippen molar-refractivity contribution in [2.45, 2.75) is 36.9 Å². The Morgan fingerprint density at radius 3 is 2.94 bits per heavy atom. The van der Waals surface area contributed by atoms with Crippen molar-refractivity contribution >= 4 is 10.0 Å². The lowest BCUT2D eigenvalue weighted by Gasteiger charge is -2.16. The number of nitrogens with two attached hydrogens (primary N) is 1. The first-order valence-corrected chi connectivity index (χ1v) is 7.33. The van der Waals surface area contributed by atoms with Crippen LogP contribution in [0.4, 0.5) is 0 Å². The van der Waals surface area contributed by atoms with Gasteiger partial charge in [-0.2, -0.15) is 4.31 Å². The molecule has 7 heteroatoms. The molecule has 1 aromatic heterocycles. The Morgan fingerprint density at radius 2 is 2.24 bits per heavy atom. The SMILES string of the molecule is N[C@H]1CCN(S(=O)(=O)c2cnc3n2CCC3)C1. The van der Waals surface area contributed by atoms with Crippen LogP contribution in [0.3, 0.4) is 0 Å². The number of rotatable bonds is 2. The first-order chi connectivity index (χ1) is 8.09. The van der Waals surface area contributed by atoms with Crippen LogP contribution in [0.5, 0.6) is 0 Å². The van der Waals surface area contributed by atoms with E-state index < -0.39 is 10.0 Å². The molecule has 17 heavy (non-hydrogen) atoms. The zero-order valence-electron chi connectivity index (χ0n) is 9.54. The predicted molar refractivity (Wildman–Crippen MR) is 61.9 cm³/mol. The van der Waals surface area contributed by atoms with Crippen LogP contribution >= 0.6 is 0 Å². The third kappa shape index (κ3) is 1.69. The highest BCUT2D eigenvalue weighted by Gasteiger charge is 2.34. The highest BCUT2D eigenvalue weighted by Crippen LogP contribution is 2.24. The average Bonchev–Trinajstić information content (AvgIpc) is 2.89. The van der Waals surface area contributed by atoms with Gasteiger partial charge in [0.05, 0.1) is 6.20 Å². The van der Waals surface area contributed by atoms with Crippen molar-refractivity contribution < 1.29 is 8.42 Å². The number of nitrogens with zero attached hydrogens (tertiary/aromatic N) is 3. The molecule has 0 saturated carbocycles. The van der Waals surface area contributed by atoms with Crippen molar-refractivity contribution in [1.29, 1.82) is 0 Å². The minimum absolute atomic E-state index is 0.0363. The number of imidazole rings is 1. The molecule has 6 nitrogen and oxygen atoms in total. The maximum atomic E-state index is 12.4. The fraction of sp³-hybridized carbons (Fsp3) is 0.700. The van der Waals surface area contributed by atoms with Crippen molar-refractivity contribution in [3.05, 3.63) is 12.0 Å². The van der Waals surface area contributed by atoms with Gasteiger partial charge in [-0.3, -0.25) is 0 Å². The molecule has 1 fully saturated rings. The molecule has 2 aliphatic heterocycles. The zero-order valence-corrected chi connectivity index (χ0v) is 10.4. The molecule has 0 bridgehead atoms. The molecule has 0 aliphatic carbocycles. The van der Waals surface area contributed by atoms with Gasteiger partial charge >= 0.3 is 0 Å². The molecular weight excluding hydrogens is 240 g/mol. The first-order valence-electron chi connectivity index (χ1n) is 5.89. The molecule has 0 spiro atoms. The van der Waals surface area contributed by atoms with Crippen LogP contribution in [0.25, 0.3) is 0 Å². The summed E-state index contributed by atoms with van der Waals surface area (Å²) in [4.78, 5) is 4.18. The fourth-order valence-corrected chi connectivity index (χ4v) is 4.20. The summed E-state index contributed by atoms with van der Waals surface area (Å²) >= 11 is 0. The number of hydrogen-bond acceptors (Lipinski definition) is 4. The maximum absolute atomic E-state index is 12.4. The molecule has 2 N–H and O–H groups in total. The second-order valence-corrected chi connectivity index (χ2v) is 6.56. The van der Waals surface area contributed by atoms with E-state index in [0.717, 1.165) is 31.6 Å². The molecule has 1 atom stereocenters. The van der Waals surface area contributed by atoms with E-state index in [1.165, 1.54) is 10.5 Å². The molecule has 94 valence electrons. The van der Waals surface area contributed by atoms with E-state index in [1.54, 1.807) is 0 Å². The van der Waals surface area contributed by atoms with Gasteiger partial charge in [-0.1, -0.05) is 0 Å². The Morgan fingerprint density at radius 1 is 1.41 bits per heavy atom. The first kappa shape index (κ1) is 11.2. The molecule has 1 aromatic rings. The second-order valence-electron chi connectivity index (χ2n) is 4.68. The van der Waals surface area contributed by atoms with Gasteiger partial charge in [0, 0.05) is 32.1 Å². The van der Waals surface area contributed by atoms with E-state index in [-0.39, 0.29) is 6.04 Å². The van der Waals surface area contributed by atoms with Gasteiger partial charge < -0.3 is 10.3 Å². The van der Waals surface area contributed by atoms with Crippen LogP contribution in [-0.2, 0) is 23.0 Å².